The zero-order valence-corrected chi connectivity index (χ0v) is 13.0. The number of urea groups is 1. The summed E-state index contributed by atoms with van der Waals surface area (Å²) in [5, 5.41) is 14.2. The first-order valence-corrected chi connectivity index (χ1v) is 7.49. The van der Waals surface area contributed by atoms with Crippen LogP contribution in [-0.2, 0) is 0 Å². The van der Waals surface area contributed by atoms with Gasteiger partial charge in [0, 0.05) is 10.6 Å². The minimum absolute atomic E-state index is 0.255. The predicted octanol–water partition coefficient (Wildman–Crippen LogP) is 3.06. The van der Waals surface area contributed by atoms with Crippen LogP contribution in [0.15, 0.2) is 36.4 Å². The van der Waals surface area contributed by atoms with E-state index in [4.69, 9.17) is 5.21 Å². The number of benzene rings is 1. The van der Waals surface area contributed by atoms with Gasteiger partial charge in [-0.3, -0.25) is 10.0 Å². The van der Waals surface area contributed by atoms with Crippen molar-refractivity contribution in [1.82, 2.24) is 10.8 Å². The first kappa shape index (κ1) is 16.0. The van der Waals surface area contributed by atoms with Crippen LogP contribution in [-0.4, -0.2) is 17.1 Å². The van der Waals surface area contributed by atoms with Gasteiger partial charge in [-0.25, -0.2) is 10.3 Å². The molecule has 116 valence electrons. The van der Waals surface area contributed by atoms with Crippen LogP contribution in [0.4, 0.5) is 10.5 Å². The fraction of sp³-hybridized carbons (Fsp3) is 0.200. The highest BCUT2D eigenvalue weighted by atomic mass is 32.1. The van der Waals surface area contributed by atoms with Gasteiger partial charge in [0.25, 0.3) is 5.91 Å². The average molecular weight is 319 g/mol. The molecule has 0 aliphatic rings. The number of aryl methyl sites for hydroxylation is 1. The van der Waals surface area contributed by atoms with Gasteiger partial charge in [0.15, 0.2) is 0 Å². The lowest BCUT2D eigenvalue weighted by Crippen LogP contribution is -2.30. The standard InChI is InChI=1S/C15H17N3O3S/c1-9-4-3-5-11(8-9)17-15(20)16-10(2)12-6-7-13(22-12)14(19)18-21/h3-8,10,21H,1-2H3,(H,18,19)(H2,16,17,20). The zero-order valence-electron chi connectivity index (χ0n) is 12.2. The van der Waals surface area contributed by atoms with Gasteiger partial charge in [-0.15, -0.1) is 11.3 Å². The molecule has 1 aromatic carbocycles. The molecular weight excluding hydrogens is 302 g/mol. The van der Waals surface area contributed by atoms with Gasteiger partial charge in [-0.2, -0.15) is 0 Å². The summed E-state index contributed by atoms with van der Waals surface area (Å²) in [6.45, 7) is 3.77. The van der Waals surface area contributed by atoms with Crippen LogP contribution >= 0.6 is 11.3 Å². The molecule has 0 aliphatic heterocycles. The van der Waals surface area contributed by atoms with E-state index in [1.165, 1.54) is 11.3 Å². The summed E-state index contributed by atoms with van der Waals surface area (Å²) < 4.78 is 0. The van der Waals surface area contributed by atoms with Crippen molar-refractivity contribution in [3.63, 3.8) is 0 Å². The highest BCUT2D eigenvalue weighted by molar-refractivity contribution is 7.14. The van der Waals surface area contributed by atoms with Gasteiger partial charge < -0.3 is 10.6 Å². The maximum absolute atomic E-state index is 12.0. The van der Waals surface area contributed by atoms with E-state index in [0.717, 1.165) is 16.1 Å². The number of amides is 3. The number of carbonyl (C=O) groups excluding carboxylic acids is 2. The maximum atomic E-state index is 12.0. The molecule has 7 heteroatoms. The predicted molar refractivity (Wildman–Crippen MR) is 85.3 cm³/mol. The number of thiophene rings is 1. The average Bonchev–Trinajstić information content (AvgIpc) is 2.96. The molecule has 0 bridgehead atoms. The molecule has 1 heterocycles. The molecule has 0 saturated carbocycles. The molecule has 2 aromatic rings. The van der Waals surface area contributed by atoms with Crippen LogP contribution in [0.25, 0.3) is 0 Å². The highest BCUT2D eigenvalue weighted by Gasteiger charge is 2.14. The Labute approximate surface area is 132 Å². The van der Waals surface area contributed by atoms with Crippen LogP contribution in [0.5, 0.6) is 0 Å². The number of hydroxylamine groups is 1. The van der Waals surface area contributed by atoms with E-state index in [2.05, 4.69) is 10.6 Å². The Morgan fingerprint density at radius 1 is 1.23 bits per heavy atom. The Morgan fingerprint density at radius 2 is 2.00 bits per heavy atom. The molecule has 1 unspecified atom stereocenters. The molecular formula is C15H17N3O3S. The second kappa shape index (κ2) is 7.06. The van der Waals surface area contributed by atoms with Gasteiger partial charge in [-0.1, -0.05) is 12.1 Å². The van der Waals surface area contributed by atoms with Gasteiger partial charge in [0.2, 0.25) is 0 Å². The topological polar surface area (TPSA) is 90.5 Å². The maximum Gasteiger partial charge on any atom is 0.319 e. The fourth-order valence-corrected chi connectivity index (χ4v) is 2.82. The Hall–Kier alpha value is -2.38. The van der Waals surface area contributed by atoms with Crippen LogP contribution in [0.3, 0.4) is 0 Å². The molecule has 3 amide bonds. The van der Waals surface area contributed by atoms with Crippen molar-refractivity contribution in [2.24, 2.45) is 0 Å². The molecule has 0 aliphatic carbocycles. The van der Waals surface area contributed by atoms with Gasteiger partial charge >= 0.3 is 6.03 Å². The number of hydrogen-bond donors (Lipinski definition) is 4. The molecule has 22 heavy (non-hydrogen) atoms. The van der Waals surface area contributed by atoms with Crippen LogP contribution in [0.2, 0.25) is 0 Å². The molecule has 0 fully saturated rings. The minimum atomic E-state index is -0.562. The molecule has 0 spiro atoms. The number of carbonyl (C=O) groups is 2. The Balaban J connectivity index is 1.96. The molecule has 0 saturated heterocycles. The normalized spacial score (nSPS) is 11.6. The second-order valence-electron chi connectivity index (χ2n) is 4.83. The van der Waals surface area contributed by atoms with E-state index in [-0.39, 0.29) is 12.1 Å². The number of nitrogens with one attached hydrogen (secondary N) is 3. The van der Waals surface area contributed by atoms with Crippen molar-refractivity contribution >= 4 is 29.0 Å². The Bertz CT molecular complexity index is 684. The summed E-state index contributed by atoms with van der Waals surface area (Å²) in [7, 11) is 0. The lowest BCUT2D eigenvalue weighted by Gasteiger charge is -2.13. The third-order valence-electron chi connectivity index (χ3n) is 3.00. The summed E-state index contributed by atoms with van der Waals surface area (Å²) in [6, 6.07) is 10.3. The first-order valence-electron chi connectivity index (χ1n) is 6.68. The lowest BCUT2D eigenvalue weighted by molar-refractivity contribution is 0.0711. The first-order chi connectivity index (χ1) is 10.5. The molecule has 6 nitrogen and oxygen atoms in total. The summed E-state index contributed by atoms with van der Waals surface area (Å²) in [4.78, 5) is 24.5. The Morgan fingerprint density at radius 3 is 2.68 bits per heavy atom. The monoisotopic (exact) mass is 319 g/mol. The van der Waals surface area contributed by atoms with E-state index in [9.17, 15) is 9.59 Å². The van der Waals surface area contributed by atoms with E-state index < -0.39 is 5.91 Å². The van der Waals surface area contributed by atoms with Crippen molar-refractivity contribution in [2.45, 2.75) is 19.9 Å². The van der Waals surface area contributed by atoms with Crippen LogP contribution in [0, 0.1) is 6.92 Å². The molecule has 0 radical (unpaired) electrons. The third-order valence-corrected chi connectivity index (χ3v) is 4.27. The van der Waals surface area contributed by atoms with Crippen molar-refractivity contribution in [3.05, 3.63) is 51.7 Å². The van der Waals surface area contributed by atoms with Crippen molar-refractivity contribution in [3.8, 4) is 0 Å². The molecule has 4 N–H and O–H groups in total. The SMILES string of the molecule is Cc1cccc(NC(=O)NC(C)c2ccc(C(=O)NO)s2)c1. The van der Waals surface area contributed by atoms with E-state index in [0.29, 0.717) is 4.88 Å². The highest BCUT2D eigenvalue weighted by Crippen LogP contribution is 2.23. The van der Waals surface area contributed by atoms with Crippen molar-refractivity contribution < 1.29 is 14.8 Å². The van der Waals surface area contributed by atoms with E-state index >= 15 is 0 Å². The van der Waals surface area contributed by atoms with E-state index in [1.54, 1.807) is 17.6 Å². The summed E-state index contributed by atoms with van der Waals surface area (Å²) in [5.74, 6) is -0.562. The smallest absolute Gasteiger partial charge is 0.319 e. The number of hydrogen-bond acceptors (Lipinski definition) is 4. The molecule has 2 rings (SSSR count). The zero-order chi connectivity index (χ0) is 16.1. The summed E-state index contributed by atoms with van der Waals surface area (Å²) in [6.07, 6.45) is 0. The van der Waals surface area contributed by atoms with Crippen molar-refractivity contribution in [2.75, 3.05) is 5.32 Å². The van der Waals surface area contributed by atoms with Gasteiger partial charge in [0.05, 0.1) is 10.9 Å². The largest absolute Gasteiger partial charge is 0.331 e. The molecule has 1 atom stereocenters. The Kier molecular flexibility index (Phi) is 5.13. The van der Waals surface area contributed by atoms with E-state index in [1.807, 2.05) is 38.1 Å². The van der Waals surface area contributed by atoms with Gasteiger partial charge in [-0.05, 0) is 43.7 Å². The van der Waals surface area contributed by atoms with Crippen molar-refractivity contribution in [1.29, 1.82) is 0 Å². The molecule has 1 aromatic heterocycles. The minimum Gasteiger partial charge on any atom is -0.331 e. The fourth-order valence-electron chi connectivity index (χ4n) is 1.92. The number of anilines is 1. The third kappa shape index (κ3) is 4.06. The van der Waals surface area contributed by atoms with Gasteiger partial charge in [0.1, 0.15) is 0 Å². The lowest BCUT2D eigenvalue weighted by atomic mass is 10.2. The summed E-state index contributed by atoms with van der Waals surface area (Å²) >= 11 is 1.21. The van der Waals surface area contributed by atoms with Crippen LogP contribution in [0.1, 0.15) is 33.1 Å². The summed E-state index contributed by atoms with van der Waals surface area (Å²) in [5.41, 5.74) is 3.36. The number of rotatable bonds is 4. The van der Waals surface area contributed by atoms with Crippen LogP contribution < -0.4 is 16.1 Å². The second-order valence-corrected chi connectivity index (χ2v) is 5.95. The quantitative estimate of drug-likeness (QED) is 0.516.